The summed E-state index contributed by atoms with van der Waals surface area (Å²) in [5.41, 5.74) is 1.42. The Kier molecular flexibility index (Phi) is 7.23. The second-order valence-electron chi connectivity index (χ2n) is 7.34. The van der Waals surface area contributed by atoms with Crippen molar-refractivity contribution in [3.8, 4) is 6.07 Å². The van der Waals surface area contributed by atoms with Gasteiger partial charge < -0.3 is 5.32 Å². The molecular weight excluding hydrogens is 496 g/mol. The molecule has 5 nitrogen and oxygen atoms in total. The highest BCUT2D eigenvalue weighted by atomic mass is 35.5. The lowest BCUT2D eigenvalue weighted by Gasteiger charge is -2.19. The van der Waals surface area contributed by atoms with Crippen molar-refractivity contribution in [2.45, 2.75) is 11.7 Å². The fourth-order valence-electron chi connectivity index (χ4n) is 3.42. The number of nitrogens with zero attached hydrogens (tertiary/aromatic N) is 2. The van der Waals surface area contributed by atoms with Crippen LogP contribution in [0, 0.1) is 17.1 Å². The Morgan fingerprint density at radius 3 is 2.41 bits per heavy atom. The maximum atomic E-state index is 13.5. The molecule has 3 aromatic rings. The van der Waals surface area contributed by atoms with Crippen molar-refractivity contribution in [3.63, 3.8) is 0 Å². The van der Waals surface area contributed by atoms with Gasteiger partial charge in [0.15, 0.2) is 0 Å². The van der Waals surface area contributed by atoms with Crippen LogP contribution in [0.4, 0.5) is 15.8 Å². The summed E-state index contributed by atoms with van der Waals surface area (Å²) in [5.74, 6) is -1.43. The van der Waals surface area contributed by atoms with Gasteiger partial charge in [0.25, 0.3) is 5.91 Å². The molecular formula is C25H16Cl2FN3O2S. The van der Waals surface area contributed by atoms with E-state index in [0.717, 1.165) is 17.3 Å². The van der Waals surface area contributed by atoms with Crippen molar-refractivity contribution in [1.29, 1.82) is 5.26 Å². The van der Waals surface area contributed by atoms with Crippen molar-refractivity contribution >= 4 is 58.2 Å². The number of nitriles is 1. The highest BCUT2D eigenvalue weighted by Crippen LogP contribution is 2.42. The molecule has 0 saturated carbocycles. The molecule has 1 saturated heterocycles. The van der Waals surface area contributed by atoms with Gasteiger partial charge in [-0.25, -0.2) is 4.39 Å². The number of thioether (sulfide) groups is 1. The van der Waals surface area contributed by atoms with Crippen molar-refractivity contribution in [2.24, 2.45) is 0 Å². The largest absolute Gasteiger partial charge is 0.321 e. The van der Waals surface area contributed by atoms with Crippen LogP contribution in [0.5, 0.6) is 0 Å². The molecule has 1 heterocycles. The van der Waals surface area contributed by atoms with Gasteiger partial charge in [-0.3, -0.25) is 14.5 Å². The average molecular weight is 512 g/mol. The highest BCUT2D eigenvalue weighted by molar-refractivity contribution is 8.05. The van der Waals surface area contributed by atoms with E-state index in [1.54, 1.807) is 42.5 Å². The summed E-state index contributed by atoms with van der Waals surface area (Å²) in [4.78, 5) is 27.8. The minimum atomic E-state index is -0.702. The molecule has 0 aromatic heterocycles. The molecule has 3 aromatic carbocycles. The summed E-state index contributed by atoms with van der Waals surface area (Å²) in [7, 11) is 0. The van der Waals surface area contributed by atoms with Crippen LogP contribution in [0.15, 0.2) is 83.4 Å². The van der Waals surface area contributed by atoms with Gasteiger partial charge in [-0.1, -0.05) is 47.1 Å². The third-order valence-corrected chi connectivity index (χ3v) is 6.75. The van der Waals surface area contributed by atoms with E-state index >= 15 is 0 Å². The van der Waals surface area contributed by atoms with Gasteiger partial charge in [-0.05, 0) is 72.6 Å². The zero-order chi connectivity index (χ0) is 24.2. The summed E-state index contributed by atoms with van der Waals surface area (Å²) < 4.78 is 13.2. The Bertz CT molecular complexity index is 1320. The number of hydrogen-bond donors (Lipinski definition) is 1. The molecule has 0 aliphatic carbocycles. The zero-order valence-electron chi connectivity index (χ0n) is 17.5. The molecule has 0 unspecified atom stereocenters. The Labute approximate surface area is 209 Å². The van der Waals surface area contributed by atoms with E-state index < -0.39 is 17.0 Å². The molecule has 1 fully saturated rings. The maximum absolute atomic E-state index is 13.5. The van der Waals surface area contributed by atoms with Gasteiger partial charge >= 0.3 is 0 Å². The van der Waals surface area contributed by atoms with Gasteiger partial charge in [0.05, 0.1) is 5.25 Å². The second kappa shape index (κ2) is 10.3. The molecule has 34 heavy (non-hydrogen) atoms. The number of carbonyl (C=O) groups is 2. The van der Waals surface area contributed by atoms with Crippen LogP contribution in [0.2, 0.25) is 10.0 Å². The Morgan fingerprint density at radius 1 is 1.06 bits per heavy atom. The summed E-state index contributed by atoms with van der Waals surface area (Å²) in [6.07, 6.45) is 0.357. The third kappa shape index (κ3) is 5.26. The van der Waals surface area contributed by atoms with Crippen LogP contribution in [-0.4, -0.2) is 17.1 Å². The van der Waals surface area contributed by atoms with Crippen molar-refractivity contribution < 1.29 is 14.0 Å². The first-order chi connectivity index (χ1) is 16.4. The van der Waals surface area contributed by atoms with Gasteiger partial charge in [0.1, 0.15) is 22.5 Å². The molecule has 1 aliphatic rings. The minimum Gasteiger partial charge on any atom is -0.321 e. The van der Waals surface area contributed by atoms with Crippen LogP contribution in [0.3, 0.4) is 0 Å². The number of amides is 2. The monoisotopic (exact) mass is 511 g/mol. The molecule has 0 radical (unpaired) electrons. The van der Waals surface area contributed by atoms with Crippen molar-refractivity contribution in [3.05, 3.63) is 105 Å². The highest BCUT2D eigenvalue weighted by Gasteiger charge is 2.40. The molecule has 1 N–H and O–H groups in total. The van der Waals surface area contributed by atoms with E-state index in [1.165, 1.54) is 29.2 Å². The topological polar surface area (TPSA) is 73.2 Å². The first-order valence-corrected chi connectivity index (χ1v) is 11.7. The van der Waals surface area contributed by atoms with Gasteiger partial charge in [0.2, 0.25) is 5.91 Å². The maximum Gasteiger partial charge on any atom is 0.269 e. The van der Waals surface area contributed by atoms with Crippen LogP contribution < -0.4 is 10.2 Å². The lowest BCUT2D eigenvalue weighted by Crippen LogP contribution is -2.30. The summed E-state index contributed by atoms with van der Waals surface area (Å²) in [6, 6.07) is 20.8. The standard InChI is InChI=1S/C25H16Cl2FN3O2S/c26-16-4-10-20(11-5-16)31-24(33)22(13-15-2-1-3-17(27)12-15)34-25(31)21(14-29)23(32)30-19-8-6-18(28)7-9-19/h1-12,22H,13H2,(H,30,32)/b25-21+/t22-/m0/s1. The van der Waals surface area contributed by atoms with Crippen LogP contribution in [0.1, 0.15) is 5.56 Å². The number of benzene rings is 3. The average Bonchev–Trinajstić information content (AvgIpc) is 3.12. The molecule has 0 spiro atoms. The second-order valence-corrected chi connectivity index (χ2v) is 9.41. The smallest absolute Gasteiger partial charge is 0.269 e. The first kappa shape index (κ1) is 23.8. The van der Waals surface area contributed by atoms with Gasteiger partial charge in [0, 0.05) is 21.4 Å². The third-order valence-electron chi connectivity index (χ3n) is 5.00. The molecule has 0 bridgehead atoms. The minimum absolute atomic E-state index is 0.210. The predicted molar refractivity (Wildman–Crippen MR) is 133 cm³/mol. The quantitative estimate of drug-likeness (QED) is 0.327. The van der Waals surface area contributed by atoms with E-state index in [9.17, 15) is 19.2 Å². The van der Waals surface area contributed by atoms with Crippen LogP contribution >= 0.6 is 35.0 Å². The number of hydrogen-bond acceptors (Lipinski definition) is 4. The molecule has 4 rings (SSSR count). The fourth-order valence-corrected chi connectivity index (χ4v) is 5.06. The first-order valence-electron chi connectivity index (χ1n) is 10.1. The fraction of sp³-hybridized carbons (Fsp3) is 0.0800. The molecule has 1 aliphatic heterocycles. The predicted octanol–water partition coefficient (Wildman–Crippen LogP) is 6.20. The molecule has 9 heteroatoms. The normalized spacial score (nSPS) is 16.8. The number of rotatable bonds is 5. The number of halogens is 3. The van der Waals surface area contributed by atoms with Gasteiger partial charge in [-0.15, -0.1) is 0 Å². The Morgan fingerprint density at radius 2 is 1.76 bits per heavy atom. The van der Waals surface area contributed by atoms with Crippen LogP contribution in [0.25, 0.3) is 0 Å². The van der Waals surface area contributed by atoms with E-state index in [-0.39, 0.29) is 16.5 Å². The Balaban J connectivity index is 1.72. The van der Waals surface area contributed by atoms with E-state index in [0.29, 0.717) is 27.8 Å². The summed E-state index contributed by atoms with van der Waals surface area (Å²) in [6.45, 7) is 0. The number of anilines is 2. The van der Waals surface area contributed by atoms with Crippen molar-refractivity contribution in [2.75, 3.05) is 10.2 Å². The molecule has 1 atom stereocenters. The van der Waals surface area contributed by atoms with E-state index in [4.69, 9.17) is 23.2 Å². The summed E-state index contributed by atoms with van der Waals surface area (Å²) in [5, 5.41) is 13.1. The van der Waals surface area contributed by atoms with Gasteiger partial charge in [-0.2, -0.15) is 5.26 Å². The Hall–Kier alpha value is -3.31. The summed E-state index contributed by atoms with van der Waals surface area (Å²) >= 11 is 13.2. The molecule has 170 valence electrons. The van der Waals surface area contributed by atoms with Crippen molar-refractivity contribution in [1.82, 2.24) is 0 Å². The van der Waals surface area contributed by atoms with E-state index in [2.05, 4.69) is 5.32 Å². The number of carbonyl (C=O) groups excluding carboxylic acids is 2. The lowest BCUT2D eigenvalue weighted by molar-refractivity contribution is -0.117. The molecule has 2 amide bonds. The SMILES string of the molecule is N#C/C(C(=O)Nc1ccc(F)cc1)=C1\S[C@@H](Cc2cccc(Cl)c2)C(=O)N1c1ccc(Cl)cc1. The van der Waals surface area contributed by atoms with E-state index in [1.807, 2.05) is 12.1 Å². The zero-order valence-corrected chi connectivity index (χ0v) is 19.8. The number of nitrogens with one attached hydrogen (secondary N) is 1. The van der Waals surface area contributed by atoms with Crippen LogP contribution in [-0.2, 0) is 16.0 Å². The lowest BCUT2D eigenvalue weighted by atomic mass is 10.1.